The topological polar surface area (TPSA) is 105 Å². The van der Waals surface area contributed by atoms with Crippen molar-refractivity contribution in [2.45, 2.75) is 51.6 Å². The normalized spacial score (nSPS) is 27.9. The van der Waals surface area contributed by atoms with Crippen molar-refractivity contribution >= 4 is 30.4 Å². The minimum atomic E-state index is -0.603. The molecule has 1 aliphatic carbocycles. The third kappa shape index (κ3) is 3.85. The number of amides is 3. The number of nitrogens with zero attached hydrogens (tertiary/aromatic N) is 1. The molecule has 1 aliphatic heterocycles. The van der Waals surface area contributed by atoms with Gasteiger partial charge in [-0.1, -0.05) is 13.8 Å². The van der Waals surface area contributed by atoms with E-state index >= 15 is 0 Å². The summed E-state index contributed by atoms with van der Waals surface area (Å²) in [6.07, 6.45) is 3.38. The monoisotopic (exact) mass is 356 g/mol. The van der Waals surface area contributed by atoms with E-state index in [2.05, 4.69) is 23.3 Å². The number of rotatable bonds is 7. The molecule has 0 aromatic carbocycles. The van der Waals surface area contributed by atoms with Crippen LogP contribution in [-0.4, -0.2) is 53.7 Å². The fraction of sp³-hybridized carbons (Fsp3) is 0.812. The fourth-order valence-electron chi connectivity index (χ4n) is 3.51. The van der Waals surface area contributed by atoms with Crippen molar-refractivity contribution in [3.63, 3.8) is 0 Å². The molecule has 1 spiro atoms. The predicted molar refractivity (Wildman–Crippen MR) is 94.2 cm³/mol. The molecule has 2 fully saturated rings. The zero-order chi connectivity index (χ0) is 17.9. The highest BCUT2D eigenvalue weighted by molar-refractivity contribution is 7.80. The Morgan fingerprint density at radius 3 is 2.46 bits per heavy atom. The predicted octanol–water partition coefficient (Wildman–Crippen LogP) is -0.139. The highest BCUT2D eigenvalue weighted by Crippen LogP contribution is 2.45. The van der Waals surface area contributed by atoms with E-state index in [0.29, 0.717) is 19.3 Å². The summed E-state index contributed by atoms with van der Waals surface area (Å²) < 4.78 is 0. The maximum atomic E-state index is 12.5. The highest BCUT2D eigenvalue weighted by Gasteiger charge is 2.55. The largest absolute Gasteiger partial charge is 0.368 e. The Labute approximate surface area is 148 Å². The molecule has 3 amide bonds. The molecule has 7 nitrogen and oxygen atoms in total. The quantitative estimate of drug-likeness (QED) is 0.289. The van der Waals surface area contributed by atoms with Crippen LogP contribution >= 0.6 is 12.6 Å². The van der Waals surface area contributed by atoms with E-state index < -0.39 is 11.9 Å². The number of primary amides is 1. The van der Waals surface area contributed by atoms with Crippen molar-refractivity contribution in [1.29, 1.82) is 0 Å². The minimum absolute atomic E-state index is 0.0231. The molecule has 24 heavy (non-hydrogen) atoms. The number of likely N-dealkylation sites (tertiary alicyclic amines) is 1. The molecule has 136 valence electrons. The van der Waals surface area contributed by atoms with Crippen molar-refractivity contribution in [3.8, 4) is 0 Å². The van der Waals surface area contributed by atoms with E-state index in [4.69, 9.17) is 5.73 Å². The van der Waals surface area contributed by atoms with Crippen LogP contribution in [0, 0.1) is 11.3 Å². The first-order valence-corrected chi connectivity index (χ1v) is 9.16. The third-order valence-electron chi connectivity index (χ3n) is 5.19. The standard InChI is InChI=1S/C16H28N4O3S/c1-10(2)14(22)19-9-18-11-3-5-16(6-4-11)8-20(15(16)23)12(7-24)13(17)21/h10-12,18,24H,3-9H2,1-2H3,(H2,17,21)(H,19,22)/t11?,12-,16?/m0/s1. The van der Waals surface area contributed by atoms with Crippen LogP contribution < -0.4 is 16.4 Å². The average Bonchev–Trinajstić information content (AvgIpc) is 2.55. The molecular weight excluding hydrogens is 328 g/mol. The number of hydrogen-bond acceptors (Lipinski definition) is 5. The smallest absolute Gasteiger partial charge is 0.241 e. The maximum absolute atomic E-state index is 12.5. The van der Waals surface area contributed by atoms with E-state index in [1.807, 2.05) is 13.8 Å². The molecule has 1 saturated carbocycles. The number of thiol groups is 1. The minimum Gasteiger partial charge on any atom is -0.368 e. The van der Waals surface area contributed by atoms with Gasteiger partial charge in [-0.3, -0.25) is 19.7 Å². The lowest BCUT2D eigenvalue weighted by Crippen LogP contribution is -2.68. The van der Waals surface area contributed by atoms with Gasteiger partial charge in [-0.25, -0.2) is 0 Å². The van der Waals surface area contributed by atoms with Gasteiger partial charge in [-0.15, -0.1) is 0 Å². The van der Waals surface area contributed by atoms with Crippen molar-refractivity contribution in [2.75, 3.05) is 19.0 Å². The van der Waals surface area contributed by atoms with E-state index in [0.717, 1.165) is 25.7 Å². The number of β-lactam (4-membered cyclic amide) rings is 1. The zero-order valence-electron chi connectivity index (χ0n) is 14.4. The van der Waals surface area contributed by atoms with Gasteiger partial charge < -0.3 is 16.0 Å². The van der Waals surface area contributed by atoms with E-state index in [1.165, 1.54) is 0 Å². The van der Waals surface area contributed by atoms with Gasteiger partial charge in [0.25, 0.3) is 0 Å². The van der Waals surface area contributed by atoms with Crippen LogP contribution in [0.1, 0.15) is 39.5 Å². The van der Waals surface area contributed by atoms with Gasteiger partial charge in [0.05, 0.1) is 12.1 Å². The van der Waals surface area contributed by atoms with Crippen molar-refractivity contribution < 1.29 is 14.4 Å². The van der Waals surface area contributed by atoms with E-state index in [-0.39, 0.29) is 28.9 Å². The summed E-state index contributed by atoms with van der Waals surface area (Å²) in [7, 11) is 0. The van der Waals surface area contributed by atoms with Gasteiger partial charge in [-0.2, -0.15) is 12.6 Å². The van der Waals surface area contributed by atoms with Crippen molar-refractivity contribution in [1.82, 2.24) is 15.5 Å². The zero-order valence-corrected chi connectivity index (χ0v) is 15.3. The number of nitrogens with one attached hydrogen (secondary N) is 2. The summed E-state index contributed by atoms with van der Waals surface area (Å²) in [5, 5.41) is 6.17. The van der Waals surface area contributed by atoms with E-state index in [1.54, 1.807) is 4.90 Å². The van der Waals surface area contributed by atoms with Crippen molar-refractivity contribution in [2.24, 2.45) is 17.1 Å². The maximum Gasteiger partial charge on any atom is 0.241 e. The van der Waals surface area contributed by atoms with Gasteiger partial charge in [0.2, 0.25) is 17.7 Å². The first-order chi connectivity index (χ1) is 11.3. The van der Waals surface area contributed by atoms with Crippen LogP contribution in [0.2, 0.25) is 0 Å². The van der Waals surface area contributed by atoms with E-state index in [9.17, 15) is 14.4 Å². The lowest BCUT2D eigenvalue weighted by atomic mass is 9.66. The van der Waals surface area contributed by atoms with Gasteiger partial charge >= 0.3 is 0 Å². The second-order valence-corrected chi connectivity index (χ2v) is 7.53. The number of carbonyl (C=O) groups is 3. The van der Waals surface area contributed by atoms with Gasteiger partial charge in [-0.05, 0) is 25.7 Å². The SMILES string of the molecule is CC(C)C(=O)NCNC1CCC2(CC1)CN([C@@H](CS)C(N)=O)C2=O. The fourth-order valence-corrected chi connectivity index (χ4v) is 3.88. The van der Waals surface area contributed by atoms with Crippen LogP contribution in [0.25, 0.3) is 0 Å². The van der Waals surface area contributed by atoms with Gasteiger partial charge in [0, 0.05) is 24.3 Å². The Hall–Kier alpha value is -1.28. The van der Waals surface area contributed by atoms with Crippen LogP contribution in [0.4, 0.5) is 0 Å². The summed E-state index contributed by atoms with van der Waals surface area (Å²) in [6.45, 7) is 4.77. The summed E-state index contributed by atoms with van der Waals surface area (Å²) in [5.41, 5.74) is 5.01. The molecule has 0 radical (unpaired) electrons. The van der Waals surface area contributed by atoms with Crippen LogP contribution in [0.15, 0.2) is 0 Å². The lowest BCUT2D eigenvalue weighted by molar-refractivity contribution is -0.170. The molecule has 0 unspecified atom stereocenters. The molecule has 8 heteroatoms. The van der Waals surface area contributed by atoms with Crippen LogP contribution in [0.5, 0.6) is 0 Å². The first-order valence-electron chi connectivity index (χ1n) is 8.53. The molecular formula is C16H28N4O3S. The molecule has 2 aliphatic rings. The Bertz CT molecular complexity index is 504. The van der Waals surface area contributed by atoms with Gasteiger partial charge in [0.1, 0.15) is 6.04 Å². The first kappa shape index (κ1) is 19.1. The van der Waals surface area contributed by atoms with Crippen LogP contribution in [-0.2, 0) is 14.4 Å². The van der Waals surface area contributed by atoms with Gasteiger partial charge in [0.15, 0.2) is 0 Å². The molecule has 4 N–H and O–H groups in total. The Morgan fingerprint density at radius 1 is 1.38 bits per heavy atom. The molecule has 0 aromatic heterocycles. The number of carbonyl (C=O) groups excluding carboxylic acids is 3. The lowest BCUT2D eigenvalue weighted by Gasteiger charge is -2.53. The molecule has 1 heterocycles. The van der Waals surface area contributed by atoms with Crippen molar-refractivity contribution in [3.05, 3.63) is 0 Å². The Kier molecular flexibility index (Phi) is 6.14. The molecule has 1 atom stereocenters. The summed E-state index contributed by atoms with van der Waals surface area (Å²) >= 11 is 4.12. The summed E-state index contributed by atoms with van der Waals surface area (Å²) in [6, 6.07) is -0.296. The Morgan fingerprint density at radius 2 is 2.00 bits per heavy atom. The molecule has 2 rings (SSSR count). The summed E-state index contributed by atoms with van der Waals surface area (Å²) in [4.78, 5) is 37.0. The Balaban J connectivity index is 1.76. The third-order valence-corrected chi connectivity index (χ3v) is 5.53. The average molecular weight is 356 g/mol. The summed E-state index contributed by atoms with van der Waals surface area (Å²) in [5.74, 6) is -0.193. The second-order valence-electron chi connectivity index (χ2n) is 7.17. The second kappa shape index (κ2) is 7.74. The number of nitrogens with two attached hydrogens (primary N) is 1. The molecule has 0 bridgehead atoms. The number of hydrogen-bond donors (Lipinski definition) is 4. The van der Waals surface area contributed by atoms with Crippen LogP contribution in [0.3, 0.4) is 0 Å². The molecule has 1 saturated heterocycles. The highest BCUT2D eigenvalue weighted by atomic mass is 32.1. The molecule has 0 aromatic rings.